The Balaban J connectivity index is 0.000000162. The molecule has 2 aromatic carbocycles. The lowest BCUT2D eigenvalue weighted by Gasteiger charge is -2.05. The predicted molar refractivity (Wildman–Crippen MR) is 111 cm³/mol. The summed E-state index contributed by atoms with van der Waals surface area (Å²) in [5.74, 6) is 1.62. The molecule has 0 saturated carbocycles. The van der Waals surface area contributed by atoms with Crippen molar-refractivity contribution in [3.63, 3.8) is 0 Å². The number of nitrogen functional groups attached to an aromatic ring is 2. The van der Waals surface area contributed by atoms with Crippen molar-refractivity contribution in [1.29, 1.82) is 0 Å². The van der Waals surface area contributed by atoms with Gasteiger partial charge in [0.1, 0.15) is 5.75 Å². The molecule has 4 N–H and O–H groups in total. The zero-order chi connectivity index (χ0) is 20.3. The summed E-state index contributed by atoms with van der Waals surface area (Å²) in [6.45, 7) is 1.99. The highest BCUT2D eigenvalue weighted by Crippen LogP contribution is 2.23. The maximum absolute atomic E-state index is 5.73. The standard InChI is InChI=1S/C10H11N3O2.C9H8ClN3/c1-14-6-3-4-7-8(5-6)12-9(11)10(13-7)15-2;1-5-2-3-6-7(4-5)13-9(11)8(10)12-6/h3-5H,1-2H3,(H2,11,12);2-4H,1H3,(H2,11,13). The number of anilines is 2. The smallest absolute Gasteiger partial charge is 0.257 e. The third kappa shape index (κ3) is 4.12. The van der Waals surface area contributed by atoms with Gasteiger partial charge in [-0.25, -0.2) is 19.9 Å². The summed E-state index contributed by atoms with van der Waals surface area (Å²) in [5, 5.41) is 0.261. The lowest BCUT2D eigenvalue weighted by molar-refractivity contribution is 0.400. The minimum Gasteiger partial charge on any atom is -0.497 e. The van der Waals surface area contributed by atoms with Gasteiger partial charge in [-0.05, 0) is 36.8 Å². The van der Waals surface area contributed by atoms with Gasteiger partial charge in [-0.15, -0.1) is 0 Å². The summed E-state index contributed by atoms with van der Waals surface area (Å²) in [4.78, 5) is 16.6. The van der Waals surface area contributed by atoms with Gasteiger partial charge in [0.05, 0.1) is 36.3 Å². The van der Waals surface area contributed by atoms with Crippen LogP contribution < -0.4 is 20.9 Å². The van der Waals surface area contributed by atoms with Crippen LogP contribution in [0.1, 0.15) is 5.56 Å². The van der Waals surface area contributed by atoms with E-state index in [0.29, 0.717) is 11.4 Å². The van der Waals surface area contributed by atoms with Gasteiger partial charge >= 0.3 is 0 Å². The minimum absolute atomic E-state index is 0.261. The second kappa shape index (κ2) is 8.10. The molecule has 0 bridgehead atoms. The molecule has 4 aromatic rings. The first-order valence-corrected chi connectivity index (χ1v) is 8.63. The summed E-state index contributed by atoms with van der Waals surface area (Å²) in [6.07, 6.45) is 0. The first kappa shape index (κ1) is 19.4. The molecule has 0 aliphatic heterocycles. The molecule has 4 rings (SSSR count). The number of hydrogen-bond acceptors (Lipinski definition) is 8. The normalized spacial score (nSPS) is 10.4. The molecule has 0 aliphatic carbocycles. The number of hydrogen-bond donors (Lipinski definition) is 2. The molecule has 0 amide bonds. The van der Waals surface area contributed by atoms with E-state index >= 15 is 0 Å². The molecule has 2 heterocycles. The van der Waals surface area contributed by atoms with Gasteiger partial charge in [0.2, 0.25) is 0 Å². The van der Waals surface area contributed by atoms with Gasteiger partial charge in [-0.3, -0.25) is 0 Å². The van der Waals surface area contributed by atoms with Crippen LogP contribution in [0.25, 0.3) is 22.1 Å². The molecule has 9 heteroatoms. The molecular formula is C19H19ClN6O2. The molecule has 2 aromatic heterocycles. The molecule has 0 spiro atoms. The molecule has 0 atom stereocenters. The molecule has 0 radical (unpaired) electrons. The highest BCUT2D eigenvalue weighted by molar-refractivity contribution is 6.31. The lowest BCUT2D eigenvalue weighted by atomic mass is 10.2. The molecule has 144 valence electrons. The van der Waals surface area contributed by atoms with Crippen LogP contribution in [0.5, 0.6) is 11.6 Å². The molecule has 0 fully saturated rings. The van der Waals surface area contributed by atoms with E-state index in [0.717, 1.165) is 27.9 Å². The number of nitrogens with zero attached hydrogens (tertiary/aromatic N) is 4. The van der Waals surface area contributed by atoms with E-state index in [1.54, 1.807) is 13.2 Å². The van der Waals surface area contributed by atoms with E-state index in [9.17, 15) is 0 Å². The Kier molecular flexibility index (Phi) is 5.60. The summed E-state index contributed by atoms with van der Waals surface area (Å²) in [5.41, 5.74) is 15.3. The largest absolute Gasteiger partial charge is 0.497 e. The van der Waals surface area contributed by atoms with Gasteiger partial charge in [0, 0.05) is 6.07 Å². The number of methoxy groups -OCH3 is 2. The second-order valence-electron chi connectivity index (χ2n) is 5.86. The van der Waals surface area contributed by atoms with E-state index in [1.165, 1.54) is 7.11 Å². The first-order chi connectivity index (χ1) is 13.4. The number of aromatic nitrogens is 4. The zero-order valence-electron chi connectivity index (χ0n) is 15.6. The van der Waals surface area contributed by atoms with E-state index in [1.807, 2.05) is 37.3 Å². The van der Waals surface area contributed by atoms with Crippen molar-refractivity contribution in [2.45, 2.75) is 6.92 Å². The molecule has 0 saturated heterocycles. The Bertz CT molecular complexity index is 1150. The Morgan fingerprint density at radius 1 is 0.750 bits per heavy atom. The van der Waals surface area contributed by atoms with Crippen LogP contribution in [0, 0.1) is 6.92 Å². The van der Waals surface area contributed by atoms with Crippen LogP contribution in [-0.2, 0) is 0 Å². The molecule has 8 nitrogen and oxygen atoms in total. The van der Waals surface area contributed by atoms with Crippen molar-refractivity contribution in [1.82, 2.24) is 19.9 Å². The molecular weight excluding hydrogens is 380 g/mol. The Labute approximate surface area is 166 Å². The number of benzene rings is 2. The average Bonchev–Trinajstić information content (AvgIpc) is 2.68. The number of ether oxygens (including phenoxy) is 2. The minimum atomic E-state index is 0.261. The Hall–Kier alpha value is -3.39. The zero-order valence-corrected chi connectivity index (χ0v) is 16.4. The fourth-order valence-corrected chi connectivity index (χ4v) is 2.60. The average molecular weight is 399 g/mol. The van der Waals surface area contributed by atoms with Gasteiger partial charge in [0.25, 0.3) is 5.88 Å². The van der Waals surface area contributed by atoms with Crippen molar-refractivity contribution in [2.24, 2.45) is 0 Å². The number of aryl methyl sites for hydroxylation is 1. The van der Waals surface area contributed by atoms with Gasteiger partial charge in [-0.1, -0.05) is 17.7 Å². The van der Waals surface area contributed by atoms with Crippen LogP contribution in [0.4, 0.5) is 11.6 Å². The maximum atomic E-state index is 5.73. The fraction of sp³-hybridized carbons (Fsp3) is 0.158. The SMILES string of the molecule is COc1ccc2nc(OC)c(N)nc2c1.Cc1ccc2nc(Cl)c(N)nc2c1. The highest BCUT2D eigenvalue weighted by atomic mass is 35.5. The van der Waals surface area contributed by atoms with E-state index in [4.69, 9.17) is 32.5 Å². The van der Waals surface area contributed by atoms with Crippen molar-refractivity contribution in [2.75, 3.05) is 25.7 Å². The quantitative estimate of drug-likeness (QED) is 0.526. The van der Waals surface area contributed by atoms with E-state index in [2.05, 4.69) is 19.9 Å². The van der Waals surface area contributed by atoms with Crippen LogP contribution in [-0.4, -0.2) is 34.2 Å². The highest BCUT2D eigenvalue weighted by Gasteiger charge is 2.06. The van der Waals surface area contributed by atoms with Crippen LogP contribution >= 0.6 is 11.6 Å². The van der Waals surface area contributed by atoms with Crippen molar-refractivity contribution in [3.8, 4) is 11.6 Å². The monoisotopic (exact) mass is 398 g/mol. The number of fused-ring (bicyclic) bond motifs is 2. The number of halogens is 1. The van der Waals surface area contributed by atoms with Gasteiger partial charge in [0.15, 0.2) is 16.8 Å². The number of nitrogens with two attached hydrogens (primary N) is 2. The molecule has 28 heavy (non-hydrogen) atoms. The number of rotatable bonds is 2. The fourth-order valence-electron chi connectivity index (χ4n) is 2.47. The Morgan fingerprint density at radius 2 is 1.39 bits per heavy atom. The summed E-state index contributed by atoms with van der Waals surface area (Å²) in [6, 6.07) is 11.2. The van der Waals surface area contributed by atoms with E-state index in [-0.39, 0.29) is 16.8 Å². The van der Waals surface area contributed by atoms with Crippen molar-refractivity contribution >= 4 is 45.3 Å². The summed E-state index contributed by atoms with van der Waals surface area (Å²) in [7, 11) is 3.11. The third-order valence-electron chi connectivity index (χ3n) is 3.86. The van der Waals surface area contributed by atoms with Crippen LogP contribution in [0.2, 0.25) is 5.15 Å². The second-order valence-corrected chi connectivity index (χ2v) is 6.22. The van der Waals surface area contributed by atoms with Crippen molar-refractivity contribution in [3.05, 3.63) is 47.1 Å². The maximum Gasteiger partial charge on any atom is 0.257 e. The molecule has 0 unspecified atom stereocenters. The van der Waals surface area contributed by atoms with Crippen LogP contribution in [0.15, 0.2) is 36.4 Å². The van der Waals surface area contributed by atoms with Gasteiger partial charge < -0.3 is 20.9 Å². The van der Waals surface area contributed by atoms with Crippen LogP contribution in [0.3, 0.4) is 0 Å². The Morgan fingerprint density at radius 3 is 2.11 bits per heavy atom. The summed E-state index contributed by atoms with van der Waals surface area (Å²) >= 11 is 5.73. The third-order valence-corrected chi connectivity index (χ3v) is 4.14. The van der Waals surface area contributed by atoms with Gasteiger partial charge in [-0.2, -0.15) is 0 Å². The van der Waals surface area contributed by atoms with E-state index < -0.39 is 0 Å². The molecule has 0 aliphatic rings. The van der Waals surface area contributed by atoms with Crippen molar-refractivity contribution < 1.29 is 9.47 Å². The topological polar surface area (TPSA) is 122 Å². The summed E-state index contributed by atoms with van der Waals surface area (Å²) < 4.78 is 10.1. The first-order valence-electron chi connectivity index (χ1n) is 8.26. The predicted octanol–water partition coefficient (Wildman–Crippen LogP) is 3.40. The lowest BCUT2D eigenvalue weighted by Crippen LogP contribution is -1.99.